The normalized spacial score (nSPS) is 9.83. The minimum absolute atomic E-state index is 0.0668. The maximum Gasteiger partial charge on any atom is 0.257 e. The average Bonchev–Trinajstić information content (AvgIpc) is 2.41. The summed E-state index contributed by atoms with van der Waals surface area (Å²) >= 11 is 0. The van der Waals surface area contributed by atoms with Gasteiger partial charge < -0.3 is 5.32 Å². The van der Waals surface area contributed by atoms with Crippen LogP contribution in [-0.2, 0) is 0 Å². The van der Waals surface area contributed by atoms with E-state index >= 15 is 0 Å². The van der Waals surface area contributed by atoms with Gasteiger partial charge in [0.15, 0.2) is 0 Å². The number of halogens is 1. The Morgan fingerprint density at radius 2 is 1.72 bits per heavy atom. The van der Waals surface area contributed by atoms with Crippen molar-refractivity contribution in [2.45, 2.75) is 0 Å². The largest absolute Gasteiger partial charge is 0.322 e. The van der Waals surface area contributed by atoms with Crippen molar-refractivity contribution in [1.82, 2.24) is 0 Å². The molecule has 0 saturated carbocycles. The van der Waals surface area contributed by atoms with Gasteiger partial charge in [-0.15, -0.1) is 4.91 Å². The van der Waals surface area contributed by atoms with Crippen LogP contribution in [0.5, 0.6) is 0 Å². The first-order valence-electron chi connectivity index (χ1n) is 5.20. The fourth-order valence-corrected chi connectivity index (χ4v) is 1.48. The Morgan fingerprint density at radius 1 is 1.06 bits per heavy atom. The molecule has 2 aromatic rings. The van der Waals surface area contributed by atoms with Gasteiger partial charge in [-0.25, -0.2) is 4.39 Å². The van der Waals surface area contributed by atoms with Gasteiger partial charge in [0.25, 0.3) is 5.91 Å². The van der Waals surface area contributed by atoms with Crippen LogP contribution in [0.1, 0.15) is 10.4 Å². The van der Waals surface area contributed by atoms with E-state index in [0.717, 1.165) is 0 Å². The molecule has 0 unspecified atom stereocenters. The van der Waals surface area contributed by atoms with Gasteiger partial charge >= 0.3 is 0 Å². The summed E-state index contributed by atoms with van der Waals surface area (Å²) in [5, 5.41) is 5.33. The summed E-state index contributed by atoms with van der Waals surface area (Å²) in [7, 11) is 0. The molecule has 0 aliphatic heterocycles. The van der Waals surface area contributed by atoms with Gasteiger partial charge in [0.2, 0.25) is 0 Å². The standard InChI is InChI=1S/C13H9FN2O2/c14-9-5-7-10(8-6-9)15-13(17)11-3-1-2-4-12(11)16-18/h1-8H,(H,15,17). The van der Waals surface area contributed by atoms with Gasteiger partial charge in [-0.3, -0.25) is 4.79 Å². The Morgan fingerprint density at radius 3 is 2.39 bits per heavy atom. The molecule has 5 heteroatoms. The molecule has 0 bridgehead atoms. The van der Waals surface area contributed by atoms with Crippen LogP contribution in [0.2, 0.25) is 0 Å². The highest BCUT2D eigenvalue weighted by Crippen LogP contribution is 2.19. The zero-order valence-corrected chi connectivity index (χ0v) is 9.26. The number of nitrogens with zero attached hydrogens (tertiary/aromatic N) is 1. The molecule has 0 radical (unpaired) electrons. The van der Waals surface area contributed by atoms with Gasteiger partial charge in [-0.2, -0.15) is 0 Å². The Kier molecular flexibility index (Phi) is 3.43. The summed E-state index contributed by atoms with van der Waals surface area (Å²) in [5.41, 5.74) is 0.691. The van der Waals surface area contributed by atoms with Gasteiger partial charge in [0, 0.05) is 5.69 Å². The van der Waals surface area contributed by atoms with E-state index in [4.69, 9.17) is 0 Å². The summed E-state index contributed by atoms with van der Waals surface area (Å²) in [6.07, 6.45) is 0. The highest BCUT2D eigenvalue weighted by atomic mass is 19.1. The second kappa shape index (κ2) is 5.18. The summed E-state index contributed by atoms with van der Waals surface area (Å²) in [6, 6.07) is 11.5. The van der Waals surface area contributed by atoms with E-state index in [9.17, 15) is 14.1 Å². The Balaban J connectivity index is 2.22. The van der Waals surface area contributed by atoms with Gasteiger partial charge in [-0.1, -0.05) is 12.1 Å². The van der Waals surface area contributed by atoms with Crippen molar-refractivity contribution in [1.29, 1.82) is 0 Å². The van der Waals surface area contributed by atoms with Crippen molar-refractivity contribution in [2.24, 2.45) is 5.18 Å². The summed E-state index contributed by atoms with van der Waals surface area (Å²) < 4.78 is 12.7. The topological polar surface area (TPSA) is 58.5 Å². The number of anilines is 1. The molecule has 18 heavy (non-hydrogen) atoms. The highest BCUT2D eigenvalue weighted by Gasteiger charge is 2.11. The number of benzene rings is 2. The van der Waals surface area contributed by atoms with Crippen LogP contribution in [0.15, 0.2) is 53.7 Å². The van der Waals surface area contributed by atoms with Crippen molar-refractivity contribution in [2.75, 3.05) is 5.32 Å². The number of hydrogen-bond acceptors (Lipinski definition) is 3. The zero-order valence-electron chi connectivity index (χ0n) is 9.26. The third-order valence-electron chi connectivity index (χ3n) is 2.35. The van der Waals surface area contributed by atoms with Crippen molar-refractivity contribution >= 4 is 17.3 Å². The van der Waals surface area contributed by atoms with Crippen LogP contribution >= 0.6 is 0 Å². The SMILES string of the molecule is O=Nc1ccccc1C(=O)Nc1ccc(F)cc1. The lowest BCUT2D eigenvalue weighted by Crippen LogP contribution is -2.11. The van der Waals surface area contributed by atoms with Crippen molar-refractivity contribution in [3.63, 3.8) is 0 Å². The number of amides is 1. The third kappa shape index (κ3) is 2.57. The van der Waals surface area contributed by atoms with Crippen molar-refractivity contribution < 1.29 is 9.18 Å². The fraction of sp³-hybridized carbons (Fsp3) is 0. The lowest BCUT2D eigenvalue weighted by atomic mass is 10.1. The maximum atomic E-state index is 12.7. The smallest absolute Gasteiger partial charge is 0.257 e. The van der Waals surface area contributed by atoms with Crippen LogP contribution in [0.4, 0.5) is 15.8 Å². The minimum atomic E-state index is -0.461. The second-order valence-corrected chi connectivity index (χ2v) is 3.57. The second-order valence-electron chi connectivity index (χ2n) is 3.57. The Hall–Kier alpha value is -2.56. The molecule has 0 heterocycles. The average molecular weight is 244 g/mol. The predicted molar refractivity (Wildman–Crippen MR) is 66.3 cm³/mol. The molecule has 1 N–H and O–H groups in total. The number of carbonyl (C=O) groups excluding carboxylic acids is 1. The van der Waals surface area contributed by atoms with Gasteiger partial charge in [0.05, 0.1) is 5.56 Å². The highest BCUT2D eigenvalue weighted by molar-refractivity contribution is 6.07. The zero-order chi connectivity index (χ0) is 13.0. The van der Waals surface area contributed by atoms with E-state index in [1.807, 2.05) is 0 Å². The number of nitrogens with one attached hydrogen (secondary N) is 1. The molecule has 0 fully saturated rings. The Bertz CT molecular complexity index is 582. The number of rotatable bonds is 3. The predicted octanol–water partition coefficient (Wildman–Crippen LogP) is 3.48. The Labute approximate surface area is 102 Å². The summed E-state index contributed by atoms with van der Waals surface area (Å²) in [5.74, 6) is -0.847. The van der Waals surface area contributed by atoms with Crippen molar-refractivity contribution in [3.05, 3.63) is 64.8 Å². The van der Waals surface area contributed by atoms with Crippen LogP contribution in [0.25, 0.3) is 0 Å². The lowest BCUT2D eigenvalue weighted by molar-refractivity contribution is 0.102. The first-order valence-corrected chi connectivity index (χ1v) is 5.20. The van der Waals surface area contributed by atoms with Crippen LogP contribution in [0, 0.1) is 10.7 Å². The number of nitroso groups, excluding NO2 is 1. The van der Waals surface area contributed by atoms with Crippen molar-refractivity contribution in [3.8, 4) is 0 Å². The van der Waals surface area contributed by atoms with E-state index in [1.54, 1.807) is 12.1 Å². The quantitative estimate of drug-likeness (QED) is 0.840. The van der Waals surface area contributed by atoms with E-state index in [2.05, 4.69) is 10.5 Å². The van der Waals surface area contributed by atoms with Gasteiger partial charge in [0.1, 0.15) is 11.5 Å². The summed E-state index contributed by atoms with van der Waals surface area (Å²) in [4.78, 5) is 22.4. The van der Waals surface area contributed by atoms with E-state index < -0.39 is 5.91 Å². The molecule has 1 amide bonds. The fourth-order valence-electron chi connectivity index (χ4n) is 1.48. The number of hydrogen-bond donors (Lipinski definition) is 1. The van der Waals surface area contributed by atoms with Crippen LogP contribution < -0.4 is 5.32 Å². The van der Waals surface area contributed by atoms with E-state index in [-0.39, 0.29) is 17.1 Å². The monoisotopic (exact) mass is 244 g/mol. The van der Waals surface area contributed by atoms with Gasteiger partial charge in [-0.05, 0) is 41.6 Å². The van der Waals surface area contributed by atoms with Crippen LogP contribution in [-0.4, -0.2) is 5.91 Å². The van der Waals surface area contributed by atoms with E-state index in [1.165, 1.54) is 36.4 Å². The molecular formula is C13H9FN2O2. The first kappa shape index (κ1) is 11.9. The molecule has 0 aromatic heterocycles. The molecule has 2 rings (SSSR count). The van der Waals surface area contributed by atoms with E-state index in [0.29, 0.717) is 5.69 Å². The molecule has 90 valence electrons. The molecule has 0 aliphatic rings. The lowest BCUT2D eigenvalue weighted by Gasteiger charge is -2.06. The molecular weight excluding hydrogens is 235 g/mol. The molecule has 0 aliphatic carbocycles. The minimum Gasteiger partial charge on any atom is -0.322 e. The first-order chi connectivity index (χ1) is 8.70. The third-order valence-corrected chi connectivity index (χ3v) is 2.35. The molecule has 0 spiro atoms. The van der Waals surface area contributed by atoms with Crippen LogP contribution in [0.3, 0.4) is 0 Å². The molecule has 0 saturated heterocycles. The molecule has 0 atom stereocenters. The molecule has 4 nitrogen and oxygen atoms in total. The maximum absolute atomic E-state index is 12.7. The molecule has 2 aromatic carbocycles. The summed E-state index contributed by atoms with van der Waals surface area (Å²) in [6.45, 7) is 0. The number of carbonyl (C=O) groups is 1.